The van der Waals surface area contributed by atoms with Crippen LogP contribution in [0.25, 0.3) is 0 Å². The molecule has 0 aliphatic carbocycles. The first-order valence-corrected chi connectivity index (χ1v) is 8.79. The van der Waals surface area contributed by atoms with Crippen LogP contribution >= 0.6 is 0 Å². The van der Waals surface area contributed by atoms with E-state index in [1.165, 1.54) is 12.3 Å². The monoisotopic (exact) mass is 331 g/mol. The van der Waals surface area contributed by atoms with Gasteiger partial charge in [-0.05, 0) is 26.3 Å². The van der Waals surface area contributed by atoms with E-state index in [4.69, 9.17) is 5.26 Å². The van der Waals surface area contributed by atoms with Crippen molar-refractivity contribution in [2.45, 2.75) is 44.2 Å². The van der Waals surface area contributed by atoms with Crippen LogP contribution < -0.4 is 4.72 Å². The lowest BCUT2D eigenvalue weighted by Crippen LogP contribution is -2.40. The Morgan fingerprint density at radius 1 is 1.43 bits per heavy atom. The number of pyridine rings is 1. The molecule has 1 atom stereocenters. The van der Waals surface area contributed by atoms with Crippen LogP contribution in [-0.2, 0) is 23.0 Å². The third-order valence-corrected chi connectivity index (χ3v) is 5.41. The SMILES string of the molecule is Cc1cn2c(n1)CCC(NS(=O)(=O)c1cnc(C)c(C#N)c1)C2. The summed E-state index contributed by atoms with van der Waals surface area (Å²) in [4.78, 5) is 8.42. The number of hydrogen-bond acceptors (Lipinski definition) is 5. The number of aryl methyl sites for hydroxylation is 3. The highest BCUT2D eigenvalue weighted by molar-refractivity contribution is 7.89. The molecule has 3 rings (SSSR count). The van der Waals surface area contributed by atoms with Gasteiger partial charge in [-0.25, -0.2) is 18.1 Å². The fraction of sp³-hybridized carbons (Fsp3) is 0.400. The van der Waals surface area contributed by atoms with Crippen molar-refractivity contribution in [2.75, 3.05) is 0 Å². The molecule has 0 radical (unpaired) electrons. The summed E-state index contributed by atoms with van der Waals surface area (Å²) in [6, 6.07) is 3.12. The summed E-state index contributed by atoms with van der Waals surface area (Å²) in [6.45, 7) is 4.15. The molecule has 1 unspecified atom stereocenters. The third-order valence-electron chi connectivity index (χ3n) is 3.93. The van der Waals surface area contributed by atoms with Crippen LogP contribution in [0.2, 0.25) is 0 Å². The van der Waals surface area contributed by atoms with E-state index >= 15 is 0 Å². The quantitative estimate of drug-likeness (QED) is 0.906. The van der Waals surface area contributed by atoms with Gasteiger partial charge in [0.25, 0.3) is 0 Å². The van der Waals surface area contributed by atoms with Gasteiger partial charge in [0.2, 0.25) is 10.0 Å². The number of rotatable bonds is 3. The van der Waals surface area contributed by atoms with Gasteiger partial charge >= 0.3 is 0 Å². The second kappa shape index (κ2) is 5.76. The smallest absolute Gasteiger partial charge is 0.242 e. The van der Waals surface area contributed by atoms with Crippen molar-refractivity contribution in [3.63, 3.8) is 0 Å². The van der Waals surface area contributed by atoms with E-state index in [1.807, 2.05) is 23.8 Å². The van der Waals surface area contributed by atoms with Crippen LogP contribution in [0.3, 0.4) is 0 Å². The Balaban J connectivity index is 1.81. The van der Waals surface area contributed by atoms with Gasteiger partial charge in [0, 0.05) is 31.4 Å². The molecule has 2 aromatic heterocycles. The van der Waals surface area contributed by atoms with Crippen molar-refractivity contribution in [3.8, 4) is 6.07 Å². The molecule has 0 spiro atoms. The molecular formula is C15H17N5O2S. The summed E-state index contributed by atoms with van der Waals surface area (Å²) in [6.07, 6.45) is 4.64. The Kier molecular flexibility index (Phi) is 3.92. The normalized spacial score (nSPS) is 17.5. The number of nitrogens with one attached hydrogen (secondary N) is 1. The molecule has 0 fully saturated rings. The van der Waals surface area contributed by atoms with Gasteiger partial charge in [0.05, 0.1) is 17.0 Å². The van der Waals surface area contributed by atoms with Crippen molar-refractivity contribution < 1.29 is 8.42 Å². The molecule has 1 N–H and O–H groups in total. The van der Waals surface area contributed by atoms with Crippen molar-refractivity contribution in [1.82, 2.24) is 19.3 Å². The molecule has 7 nitrogen and oxygen atoms in total. The fourth-order valence-corrected chi connectivity index (χ4v) is 3.98. The first kappa shape index (κ1) is 15.6. The lowest BCUT2D eigenvalue weighted by molar-refractivity contribution is 0.421. The molecular weight excluding hydrogens is 314 g/mol. The summed E-state index contributed by atoms with van der Waals surface area (Å²) < 4.78 is 29.7. The second-order valence-corrected chi connectivity index (χ2v) is 7.44. The summed E-state index contributed by atoms with van der Waals surface area (Å²) >= 11 is 0. The minimum atomic E-state index is -3.70. The maximum absolute atomic E-state index is 12.5. The number of nitriles is 1. The predicted octanol–water partition coefficient (Wildman–Crippen LogP) is 1.06. The zero-order valence-electron chi connectivity index (χ0n) is 12.9. The largest absolute Gasteiger partial charge is 0.333 e. The fourth-order valence-electron chi connectivity index (χ4n) is 2.74. The Labute approximate surface area is 135 Å². The van der Waals surface area contributed by atoms with Gasteiger partial charge in [-0.3, -0.25) is 4.98 Å². The van der Waals surface area contributed by atoms with Crippen molar-refractivity contribution >= 4 is 10.0 Å². The molecule has 3 heterocycles. The summed E-state index contributed by atoms with van der Waals surface area (Å²) in [5.41, 5.74) is 1.72. The molecule has 120 valence electrons. The molecule has 1 aliphatic heterocycles. The van der Waals surface area contributed by atoms with Crippen LogP contribution in [0.15, 0.2) is 23.4 Å². The molecule has 2 aromatic rings. The van der Waals surface area contributed by atoms with Crippen LogP contribution in [0.1, 0.15) is 29.2 Å². The minimum absolute atomic E-state index is 0.0206. The van der Waals surface area contributed by atoms with E-state index in [-0.39, 0.29) is 16.5 Å². The average Bonchev–Trinajstić information content (AvgIpc) is 2.86. The third kappa shape index (κ3) is 3.11. The van der Waals surface area contributed by atoms with Gasteiger partial charge in [-0.1, -0.05) is 0 Å². The zero-order valence-corrected chi connectivity index (χ0v) is 13.8. The van der Waals surface area contributed by atoms with Crippen molar-refractivity contribution in [1.29, 1.82) is 5.26 Å². The Morgan fingerprint density at radius 3 is 2.96 bits per heavy atom. The molecule has 0 bridgehead atoms. The number of aromatic nitrogens is 3. The zero-order chi connectivity index (χ0) is 16.6. The van der Waals surface area contributed by atoms with Crippen LogP contribution in [0.4, 0.5) is 0 Å². The van der Waals surface area contributed by atoms with E-state index in [2.05, 4.69) is 14.7 Å². The standard InChI is InChI=1S/C15H17N5O2S/c1-10-8-20-9-13(3-4-15(20)18-10)19-23(21,22)14-5-12(6-16)11(2)17-7-14/h5,7-8,13,19H,3-4,9H2,1-2H3. The maximum Gasteiger partial charge on any atom is 0.242 e. The van der Waals surface area contributed by atoms with Crippen molar-refractivity contribution in [2.24, 2.45) is 0 Å². The van der Waals surface area contributed by atoms with Gasteiger partial charge in [0.1, 0.15) is 16.8 Å². The molecule has 23 heavy (non-hydrogen) atoms. The molecule has 8 heteroatoms. The number of imidazole rings is 1. The highest BCUT2D eigenvalue weighted by Gasteiger charge is 2.25. The van der Waals surface area contributed by atoms with E-state index in [1.54, 1.807) is 6.92 Å². The van der Waals surface area contributed by atoms with Crippen LogP contribution in [0.5, 0.6) is 0 Å². The number of fused-ring (bicyclic) bond motifs is 1. The summed E-state index contributed by atoms with van der Waals surface area (Å²) in [5.74, 6) is 0.988. The average molecular weight is 331 g/mol. The molecule has 0 saturated carbocycles. The first-order chi connectivity index (χ1) is 10.9. The van der Waals surface area contributed by atoms with Gasteiger partial charge in [0.15, 0.2) is 0 Å². The second-order valence-electron chi connectivity index (χ2n) is 5.72. The predicted molar refractivity (Wildman–Crippen MR) is 83.1 cm³/mol. The molecule has 1 aliphatic rings. The van der Waals surface area contributed by atoms with Crippen LogP contribution in [-0.4, -0.2) is 29.0 Å². The van der Waals surface area contributed by atoms with Gasteiger partial charge in [-0.15, -0.1) is 0 Å². The topological polar surface area (TPSA) is 101 Å². The van der Waals surface area contributed by atoms with Gasteiger partial charge < -0.3 is 4.57 Å². The van der Waals surface area contributed by atoms with Crippen molar-refractivity contribution in [3.05, 3.63) is 41.2 Å². The molecule has 0 saturated heterocycles. The number of sulfonamides is 1. The molecule has 0 aromatic carbocycles. The lowest BCUT2D eigenvalue weighted by Gasteiger charge is -2.24. The van der Waals surface area contributed by atoms with E-state index < -0.39 is 10.0 Å². The van der Waals surface area contributed by atoms with E-state index in [0.717, 1.165) is 17.9 Å². The maximum atomic E-state index is 12.5. The highest BCUT2D eigenvalue weighted by atomic mass is 32.2. The summed E-state index contributed by atoms with van der Waals surface area (Å²) in [7, 11) is -3.70. The van der Waals surface area contributed by atoms with Gasteiger partial charge in [-0.2, -0.15) is 5.26 Å². The Hall–Kier alpha value is -2.24. The van der Waals surface area contributed by atoms with Crippen LogP contribution in [0, 0.1) is 25.2 Å². The first-order valence-electron chi connectivity index (χ1n) is 7.31. The molecule has 0 amide bonds. The number of hydrogen-bond donors (Lipinski definition) is 1. The summed E-state index contributed by atoms with van der Waals surface area (Å²) in [5, 5.41) is 9.03. The minimum Gasteiger partial charge on any atom is -0.333 e. The van der Waals surface area contributed by atoms with E-state index in [9.17, 15) is 8.42 Å². The lowest BCUT2D eigenvalue weighted by atomic mass is 10.1. The number of nitrogens with zero attached hydrogens (tertiary/aromatic N) is 4. The Bertz CT molecular complexity index is 895. The highest BCUT2D eigenvalue weighted by Crippen LogP contribution is 2.18. The van der Waals surface area contributed by atoms with E-state index in [0.29, 0.717) is 18.7 Å². The Morgan fingerprint density at radius 2 is 2.22 bits per heavy atom.